The van der Waals surface area contributed by atoms with E-state index in [-0.39, 0.29) is 5.82 Å². The van der Waals surface area contributed by atoms with E-state index in [2.05, 4.69) is 10.3 Å². The molecule has 20 nitrogen and oxygen atoms in total. The van der Waals surface area contributed by atoms with Gasteiger partial charge >= 0.3 is 41.5 Å². The van der Waals surface area contributed by atoms with Crippen LogP contribution in [0.1, 0.15) is 54.7 Å². The van der Waals surface area contributed by atoms with E-state index >= 15 is 0 Å². The molecule has 0 saturated carbocycles. The van der Waals surface area contributed by atoms with Gasteiger partial charge in [-0.2, -0.15) is 4.98 Å². The first-order valence-electron chi connectivity index (χ1n) is 14.8. The molecule has 1 amide bonds. The molecule has 3 heterocycles. The van der Waals surface area contributed by atoms with Gasteiger partial charge in [-0.15, -0.1) is 0 Å². The number of aromatic nitrogens is 2. The summed E-state index contributed by atoms with van der Waals surface area (Å²) in [7, 11) is 0. The predicted octanol–water partition coefficient (Wildman–Crippen LogP) is -0.938. The molecule has 20 heteroatoms. The third-order valence-corrected chi connectivity index (χ3v) is 6.67. The summed E-state index contributed by atoms with van der Waals surface area (Å²) in [6, 6.07) is 1.28. The van der Waals surface area contributed by atoms with Crippen LogP contribution in [0, 0.1) is 0 Å². The predicted molar refractivity (Wildman–Crippen MR) is 156 cm³/mol. The maximum absolute atomic E-state index is 13.0. The number of carbonyl (C=O) groups excluding carboxylic acids is 7. The summed E-state index contributed by atoms with van der Waals surface area (Å²) in [5, 5.41) is 2.36. The Morgan fingerprint density at radius 3 is 1.67 bits per heavy atom. The van der Waals surface area contributed by atoms with E-state index in [9.17, 15) is 38.4 Å². The monoisotopic (exact) mass is 699 g/mol. The molecule has 0 radical (unpaired) electrons. The van der Waals surface area contributed by atoms with Crippen LogP contribution in [0.2, 0.25) is 0 Å². The average molecular weight is 700 g/mol. The number of esters is 6. The van der Waals surface area contributed by atoms with Crippen molar-refractivity contribution in [3.63, 3.8) is 0 Å². The molecule has 0 aromatic carbocycles. The summed E-state index contributed by atoms with van der Waals surface area (Å²) >= 11 is 0. The van der Waals surface area contributed by atoms with Gasteiger partial charge in [-0.05, 0) is 6.07 Å². The lowest BCUT2D eigenvalue weighted by Crippen LogP contribution is -2.63. The van der Waals surface area contributed by atoms with Crippen LogP contribution < -0.4 is 11.0 Å². The highest BCUT2D eigenvalue weighted by molar-refractivity contribution is 5.87. The van der Waals surface area contributed by atoms with Crippen molar-refractivity contribution in [2.24, 2.45) is 0 Å². The summed E-state index contributed by atoms with van der Waals surface area (Å²) in [6.45, 7) is 6.53. The Kier molecular flexibility index (Phi) is 13.3. The minimum absolute atomic E-state index is 0.0733. The van der Waals surface area contributed by atoms with Gasteiger partial charge in [-0.3, -0.25) is 38.1 Å². The number of amides is 1. The van der Waals surface area contributed by atoms with Crippen molar-refractivity contribution in [1.82, 2.24) is 9.55 Å². The first-order valence-corrected chi connectivity index (χ1v) is 14.8. The van der Waals surface area contributed by atoms with Gasteiger partial charge in [0.1, 0.15) is 24.6 Å². The molecule has 2 aliphatic heterocycles. The summed E-state index contributed by atoms with van der Waals surface area (Å²) in [5.74, 6) is -5.52. The second-order valence-corrected chi connectivity index (χ2v) is 10.8. The van der Waals surface area contributed by atoms with Crippen molar-refractivity contribution in [3.05, 3.63) is 22.7 Å². The van der Waals surface area contributed by atoms with Gasteiger partial charge in [-0.25, -0.2) is 4.79 Å². The first-order chi connectivity index (χ1) is 23.0. The Labute approximate surface area is 278 Å². The van der Waals surface area contributed by atoms with Crippen LogP contribution in [0.5, 0.6) is 0 Å². The normalized spacial score (nSPS) is 27.6. The van der Waals surface area contributed by atoms with Crippen LogP contribution in [-0.4, -0.2) is 114 Å². The minimum Gasteiger partial charge on any atom is -0.463 e. The topological polar surface area (TPSA) is 249 Å². The Morgan fingerprint density at radius 1 is 0.673 bits per heavy atom. The van der Waals surface area contributed by atoms with Gasteiger partial charge in [-0.1, -0.05) is 0 Å². The molecular formula is C29H37N3O17. The smallest absolute Gasteiger partial charge is 0.351 e. The molecule has 0 spiro atoms. The molecule has 0 unspecified atom stereocenters. The molecule has 1 aromatic rings. The lowest BCUT2D eigenvalue weighted by molar-refractivity contribution is -0.312. The van der Waals surface area contributed by atoms with Crippen molar-refractivity contribution < 1.29 is 76.2 Å². The summed E-state index contributed by atoms with van der Waals surface area (Å²) < 4.78 is 50.8. The van der Waals surface area contributed by atoms with Crippen molar-refractivity contribution >= 4 is 47.5 Å². The first kappa shape index (κ1) is 38.5. The van der Waals surface area contributed by atoms with Crippen LogP contribution in [0.3, 0.4) is 0 Å². The second kappa shape index (κ2) is 16.9. The van der Waals surface area contributed by atoms with E-state index in [1.165, 1.54) is 19.2 Å². The lowest BCUT2D eigenvalue weighted by atomic mass is 9.98. The van der Waals surface area contributed by atoms with E-state index in [0.717, 1.165) is 46.1 Å². The molecule has 2 saturated heterocycles. The minimum atomic E-state index is -1.63. The molecule has 270 valence electrons. The molecular weight excluding hydrogens is 662 g/mol. The van der Waals surface area contributed by atoms with Gasteiger partial charge in [0.15, 0.2) is 43.0 Å². The van der Waals surface area contributed by atoms with E-state index in [1.54, 1.807) is 0 Å². The number of ether oxygens (including phenoxy) is 9. The SMILES string of the molecule is CC(=O)Nc1ccn([C@@H]2O[C@H](CO[C@@H]3O[C@H](COC(C)=O)[C@H](OC(C)=O)[C@H](OC(C)=O)[C@H]3OC(C)=O)[C@@H](OC(C)=O)[C@@H]2OC(C)=O)c(=O)n1. The Morgan fingerprint density at radius 2 is 1.16 bits per heavy atom. The number of hydrogen-bond donors (Lipinski definition) is 1. The fourth-order valence-electron chi connectivity index (χ4n) is 5.09. The van der Waals surface area contributed by atoms with Crippen LogP contribution >= 0.6 is 0 Å². The zero-order valence-electron chi connectivity index (χ0n) is 27.6. The second-order valence-electron chi connectivity index (χ2n) is 10.8. The lowest BCUT2D eigenvalue weighted by Gasteiger charge is -2.44. The fraction of sp³-hybridized carbons (Fsp3) is 0.621. The third-order valence-electron chi connectivity index (χ3n) is 6.67. The number of hydrogen-bond acceptors (Lipinski definition) is 18. The fourth-order valence-corrected chi connectivity index (χ4v) is 5.09. The van der Waals surface area contributed by atoms with Crippen molar-refractivity contribution in [2.45, 2.75) is 104 Å². The average Bonchev–Trinajstić information content (AvgIpc) is 3.27. The molecule has 9 atom stereocenters. The van der Waals surface area contributed by atoms with Crippen molar-refractivity contribution in [2.75, 3.05) is 18.5 Å². The Hall–Kier alpha value is -4.95. The number of nitrogens with one attached hydrogen (secondary N) is 1. The number of anilines is 1. The van der Waals surface area contributed by atoms with Crippen LogP contribution in [0.25, 0.3) is 0 Å². The van der Waals surface area contributed by atoms with Gasteiger partial charge in [0.2, 0.25) is 5.91 Å². The molecule has 2 fully saturated rings. The zero-order valence-corrected chi connectivity index (χ0v) is 27.6. The summed E-state index contributed by atoms with van der Waals surface area (Å²) in [4.78, 5) is 100. The van der Waals surface area contributed by atoms with Crippen LogP contribution in [0.15, 0.2) is 17.1 Å². The molecule has 1 N–H and O–H groups in total. The van der Waals surface area contributed by atoms with E-state index in [4.69, 9.17) is 42.6 Å². The van der Waals surface area contributed by atoms with Crippen LogP contribution in [0.4, 0.5) is 5.82 Å². The van der Waals surface area contributed by atoms with Gasteiger partial charge < -0.3 is 47.9 Å². The van der Waals surface area contributed by atoms with E-state index in [0.29, 0.717) is 0 Å². The number of carbonyl (C=O) groups is 7. The quantitative estimate of drug-likeness (QED) is 0.204. The van der Waals surface area contributed by atoms with Gasteiger partial charge in [0, 0.05) is 54.7 Å². The number of rotatable bonds is 12. The third kappa shape index (κ3) is 10.8. The largest absolute Gasteiger partial charge is 0.463 e. The maximum Gasteiger partial charge on any atom is 0.351 e. The highest BCUT2D eigenvalue weighted by Crippen LogP contribution is 2.35. The molecule has 49 heavy (non-hydrogen) atoms. The molecule has 0 aliphatic carbocycles. The van der Waals surface area contributed by atoms with Gasteiger partial charge in [0.05, 0.1) is 6.61 Å². The Bertz CT molecular complexity index is 1490. The standard InChI is InChI=1S/C29H37N3O17/c1-12(33)30-21-8-9-32(29(40)31-21)27-25(46-17(6)38)23(44-15(4)36)19(48-27)11-42-28-26(47-18(7)39)24(45-16(5)37)22(43-14(3)35)20(49-28)10-41-13(2)34/h8-9,19-20,22-28H,10-11H2,1-7H3,(H,30,31,33,40)/t19-,20-,22+,23-,24+,25+,26-,27-,28-/m1/s1. The zero-order chi connectivity index (χ0) is 36.6. The van der Waals surface area contributed by atoms with Crippen molar-refractivity contribution in [3.8, 4) is 0 Å². The maximum atomic E-state index is 13.0. The van der Waals surface area contributed by atoms with E-state index in [1.807, 2.05) is 0 Å². The summed E-state index contributed by atoms with van der Waals surface area (Å²) in [5.41, 5.74) is -0.934. The number of nitrogens with zero attached hydrogens (tertiary/aromatic N) is 2. The van der Waals surface area contributed by atoms with Crippen molar-refractivity contribution in [1.29, 1.82) is 0 Å². The van der Waals surface area contributed by atoms with Crippen LogP contribution in [-0.2, 0) is 76.2 Å². The highest BCUT2D eigenvalue weighted by atomic mass is 16.7. The molecule has 2 aliphatic rings. The molecule has 0 bridgehead atoms. The van der Waals surface area contributed by atoms with E-state index < -0.39 is 116 Å². The molecule has 3 rings (SSSR count). The molecule has 1 aromatic heterocycles. The summed E-state index contributed by atoms with van der Waals surface area (Å²) in [6.07, 6.45) is -11.9. The highest BCUT2D eigenvalue weighted by Gasteiger charge is 2.55. The Balaban J connectivity index is 2.00. The van der Waals surface area contributed by atoms with Gasteiger partial charge in [0.25, 0.3) is 0 Å².